The highest BCUT2D eigenvalue weighted by atomic mass is 16.5. The molecular formula is C18H20N2O3. The number of nitrogens with zero attached hydrogens (tertiary/aromatic N) is 2. The molecule has 1 aromatic carbocycles. The number of benzene rings is 1. The van der Waals surface area contributed by atoms with E-state index in [4.69, 9.17) is 9.26 Å². The molecule has 1 aliphatic heterocycles. The van der Waals surface area contributed by atoms with Gasteiger partial charge in [0.1, 0.15) is 6.61 Å². The summed E-state index contributed by atoms with van der Waals surface area (Å²) in [5.74, 6) is 0.478. The third-order valence-electron chi connectivity index (χ3n) is 5.10. The maximum absolute atomic E-state index is 12.9. The van der Waals surface area contributed by atoms with E-state index in [9.17, 15) is 4.79 Å². The quantitative estimate of drug-likeness (QED) is 0.872. The van der Waals surface area contributed by atoms with Crippen LogP contribution in [0.4, 0.5) is 5.69 Å². The molecule has 0 radical (unpaired) electrons. The SMILES string of the molecule is COCc1cc(C(=O)N2CC3(CCCC3)c3ccccc32)no1. The van der Waals surface area contributed by atoms with Gasteiger partial charge in [-0.25, -0.2) is 0 Å². The zero-order chi connectivity index (χ0) is 15.9. The van der Waals surface area contributed by atoms with E-state index >= 15 is 0 Å². The molecule has 2 heterocycles. The van der Waals surface area contributed by atoms with Crippen LogP contribution in [0.5, 0.6) is 0 Å². The average molecular weight is 312 g/mol. The molecular weight excluding hydrogens is 292 g/mol. The van der Waals surface area contributed by atoms with E-state index in [0.29, 0.717) is 18.1 Å². The molecule has 0 saturated heterocycles. The third kappa shape index (κ3) is 2.27. The third-order valence-corrected chi connectivity index (χ3v) is 5.10. The van der Waals surface area contributed by atoms with Crippen LogP contribution in [0.1, 0.15) is 47.5 Å². The van der Waals surface area contributed by atoms with Crippen molar-refractivity contribution in [3.8, 4) is 0 Å². The summed E-state index contributed by atoms with van der Waals surface area (Å²) in [6.45, 7) is 1.07. The van der Waals surface area contributed by atoms with E-state index in [0.717, 1.165) is 25.1 Å². The minimum absolute atomic E-state index is 0.0904. The van der Waals surface area contributed by atoms with Crippen molar-refractivity contribution in [1.29, 1.82) is 0 Å². The van der Waals surface area contributed by atoms with Gasteiger partial charge in [0.2, 0.25) is 0 Å². The Kier molecular flexibility index (Phi) is 3.45. The molecule has 0 unspecified atom stereocenters. The highest BCUT2D eigenvalue weighted by molar-refractivity contribution is 6.06. The van der Waals surface area contributed by atoms with Crippen molar-refractivity contribution in [3.63, 3.8) is 0 Å². The highest BCUT2D eigenvalue weighted by Crippen LogP contribution is 2.50. The molecule has 4 rings (SSSR count). The number of para-hydroxylation sites is 1. The number of rotatable bonds is 3. The van der Waals surface area contributed by atoms with Crippen LogP contribution in [0.25, 0.3) is 0 Å². The molecule has 5 nitrogen and oxygen atoms in total. The lowest BCUT2D eigenvalue weighted by atomic mass is 9.81. The number of aromatic nitrogens is 1. The van der Waals surface area contributed by atoms with Gasteiger partial charge in [-0.1, -0.05) is 36.2 Å². The molecule has 1 aromatic heterocycles. The average Bonchev–Trinajstić information content (AvgIpc) is 3.29. The minimum Gasteiger partial charge on any atom is -0.377 e. The summed E-state index contributed by atoms with van der Waals surface area (Å²) in [6, 6.07) is 9.95. The normalized spacial score (nSPS) is 18.6. The number of hydrogen-bond donors (Lipinski definition) is 0. The Morgan fingerprint density at radius 2 is 2.13 bits per heavy atom. The van der Waals surface area contributed by atoms with E-state index in [2.05, 4.69) is 17.3 Å². The topological polar surface area (TPSA) is 55.6 Å². The molecule has 1 spiro atoms. The molecule has 1 amide bonds. The molecule has 120 valence electrons. The smallest absolute Gasteiger partial charge is 0.280 e. The lowest BCUT2D eigenvalue weighted by Gasteiger charge is -2.24. The molecule has 1 aliphatic carbocycles. The van der Waals surface area contributed by atoms with Crippen molar-refractivity contribution in [2.75, 3.05) is 18.6 Å². The number of methoxy groups -OCH3 is 1. The number of fused-ring (bicyclic) bond motifs is 2. The predicted octanol–water partition coefficient (Wildman–Crippen LogP) is 3.29. The molecule has 0 bridgehead atoms. The fourth-order valence-electron chi connectivity index (χ4n) is 4.05. The van der Waals surface area contributed by atoms with Gasteiger partial charge in [-0.3, -0.25) is 4.79 Å². The first kappa shape index (κ1) is 14.5. The molecule has 2 aromatic rings. The largest absolute Gasteiger partial charge is 0.377 e. The Hall–Kier alpha value is -2.14. The van der Waals surface area contributed by atoms with Crippen molar-refractivity contribution in [3.05, 3.63) is 47.3 Å². The van der Waals surface area contributed by atoms with Crippen molar-refractivity contribution in [2.45, 2.75) is 37.7 Å². The fourth-order valence-corrected chi connectivity index (χ4v) is 4.05. The van der Waals surface area contributed by atoms with Gasteiger partial charge < -0.3 is 14.2 Å². The number of hydrogen-bond acceptors (Lipinski definition) is 4. The molecule has 2 aliphatic rings. The number of carbonyl (C=O) groups excluding carboxylic acids is 1. The van der Waals surface area contributed by atoms with Crippen LogP contribution in [0, 0.1) is 0 Å². The summed E-state index contributed by atoms with van der Waals surface area (Å²) in [6.07, 6.45) is 4.78. The minimum atomic E-state index is -0.0904. The second kappa shape index (κ2) is 5.49. The highest BCUT2D eigenvalue weighted by Gasteiger charge is 2.46. The zero-order valence-corrected chi connectivity index (χ0v) is 13.2. The molecule has 0 atom stereocenters. The standard InChI is InChI=1S/C18H20N2O3/c1-22-11-13-10-15(19-23-13)17(21)20-12-18(8-4-5-9-18)14-6-2-3-7-16(14)20/h2-3,6-7,10H,4-5,8-9,11-12H2,1H3. The number of ether oxygens (including phenoxy) is 1. The van der Waals surface area contributed by atoms with Crippen molar-refractivity contribution >= 4 is 11.6 Å². The number of anilines is 1. The zero-order valence-electron chi connectivity index (χ0n) is 13.2. The van der Waals surface area contributed by atoms with Crippen LogP contribution in [-0.4, -0.2) is 24.7 Å². The first-order chi connectivity index (χ1) is 11.2. The molecule has 23 heavy (non-hydrogen) atoms. The van der Waals surface area contributed by atoms with Crippen LogP contribution < -0.4 is 4.90 Å². The lowest BCUT2D eigenvalue weighted by Crippen LogP contribution is -2.35. The first-order valence-corrected chi connectivity index (χ1v) is 8.09. The van der Waals surface area contributed by atoms with Gasteiger partial charge in [0.05, 0.1) is 0 Å². The molecule has 0 N–H and O–H groups in total. The van der Waals surface area contributed by atoms with E-state index in [1.54, 1.807) is 13.2 Å². The van der Waals surface area contributed by atoms with E-state index in [1.165, 1.54) is 18.4 Å². The maximum Gasteiger partial charge on any atom is 0.280 e. The van der Waals surface area contributed by atoms with Crippen molar-refractivity contribution < 1.29 is 14.1 Å². The van der Waals surface area contributed by atoms with Crippen LogP contribution in [0.2, 0.25) is 0 Å². The summed E-state index contributed by atoms with van der Waals surface area (Å²) < 4.78 is 10.2. The van der Waals surface area contributed by atoms with Crippen LogP contribution >= 0.6 is 0 Å². The molecule has 5 heteroatoms. The second-order valence-corrected chi connectivity index (χ2v) is 6.51. The summed E-state index contributed by atoms with van der Waals surface area (Å²) in [5.41, 5.74) is 2.81. The van der Waals surface area contributed by atoms with Crippen molar-refractivity contribution in [2.24, 2.45) is 0 Å². The predicted molar refractivity (Wildman–Crippen MR) is 85.5 cm³/mol. The fraction of sp³-hybridized carbons (Fsp3) is 0.444. The summed E-state index contributed by atoms with van der Waals surface area (Å²) >= 11 is 0. The van der Waals surface area contributed by atoms with Gasteiger partial charge in [0.15, 0.2) is 11.5 Å². The van der Waals surface area contributed by atoms with Gasteiger partial charge in [0.25, 0.3) is 5.91 Å². The molecule has 1 saturated carbocycles. The van der Waals surface area contributed by atoms with Crippen LogP contribution in [0.3, 0.4) is 0 Å². The first-order valence-electron chi connectivity index (χ1n) is 8.09. The number of amides is 1. The Morgan fingerprint density at radius 3 is 2.91 bits per heavy atom. The van der Waals surface area contributed by atoms with E-state index in [1.807, 2.05) is 17.0 Å². The van der Waals surface area contributed by atoms with Crippen LogP contribution in [0.15, 0.2) is 34.9 Å². The summed E-state index contributed by atoms with van der Waals surface area (Å²) in [5, 5.41) is 3.92. The monoisotopic (exact) mass is 312 g/mol. The van der Waals surface area contributed by atoms with E-state index < -0.39 is 0 Å². The lowest BCUT2D eigenvalue weighted by molar-refractivity contribution is 0.0975. The summed E-state index contributed by atoms with van der Waals surface area (Å²) in [4.78, 5) is 14.8. The van der Waals surface area contributed by atoms with Gasteiger partial charge in [0, 0.05) is 30.8 Å². The Bertz CT molecular complexity index is 731. The van der Waals surface area contributed by atoms with Crippen molar-refractivity contribution in [1.82, 2.24) is 5.16 Å². The van der Waals surface area contributed by atoms with Crippen LogP contribution in [-0.2, 0) is 16.8 Å². The molecule has 1 fully saturated rings. The Morgan fingerprint density at radius 1 is 1.35 bits per heavy atom. The van der Waals surface area contributed by atoms with Gasteiger partial charge in [-0.2, -0.15) is 0 Å². The Labute approximate surface area is 135 Å². The van der Waals surface area contributed by atoms with Gasteiger partial charge in [-0.15, -0.1) is 0 Å². The Balaban J connectivity index is 1.67. The maximum atomic E-state index is 12.9. The van der Waals surface area contributed by atoms with Gasteiger partial charge in [-0.05, 0) is 24.5 Å². The summed E-state index contributed by atoms with van der Waals surface area (Å²) in [7, 11) is 1.59. The second-order valence-electron chi connectivity index (χ2n) is 6.51. The van der Waals surface area contributed by atoms with E-state index in [-0.39, 0.29) is 11.3 Å². The van der Waals surface area contributed by atoms with Gasteiger partial charge >= 0.3 is 0 Å². The number of carbonyl (C=O) groups is 1.